The van der Waals surface area contributed by atoms with Gasteiger partial charge in [-0.15, -0.1) is 0 Å². The van der Waals surface area contributed by atoms with E-state index >= 15 is 0 Å². The van der Waals surface area contributed by atoms with E-state index in [1.807, 2.05) is 6.20 Å². The Morgan fingerprint density at radius 3 is 2.54 bits per heavy atom. The van der Waals surface area contributed by atoms with Crippen LogP contribution in [0, 0.1) is 6.92 Å². The molecule has 0 aliphatic carbocycles. The van der Waals surface area contributed by atoms with Gasteiger partial charge in [-0.05, 0) is 56.1 Å². The molecule has 4 nitrogen and oxygen atoms in total. The maximum atomic E-state index is 4.66. The quantitative estimate of drug-likeness (QED) is 0.785. The molecule has 0 bridgehead atoms. The van der Waals surface area contributed by atoms with Crippen LogP contribution in [0.15, 0.2) is 55.3 Å². The second-order valence-corrected chi connectivity index (χ2v) is 7.48. The lowest BCUT2D eigenvalue weighted by Gasteiger charge is -2.33. The third-order valence-electron chi connectivity index (χ3n) is 5.50. The van der Waals surface area contributed by atoms with E-state index < -0.39 is 0 Å². The fourth-order valence-electron chi connectivity index (χ4n) is 3.60. The molecule has 3 rings (SSSR count). The van der Waals surface area contributed by atoms with E-state index in [1.54, 1.807) is 0 Å². The Morgan fingerprint density at radius 1 is 1.14 bits per heavy atom. The normalized spacial score (nSPS) is 15.5. The second-order valence-electron chi connectivity index (χ2n) is 7.48. The summed E-state index contributed by atoms with van der Waals surface area (Å²) in [5.41, 5.74) is 5.99. The predicted octanol–water partition coefficient (Wildman–Crippen LogP) is 4.20. The summed E-state index contributed by atoms with van der Waals surface area (Å²) in [6.45, 7) is 13.6. The van der Waals surface area contributed by atoms with Crippen LogP contribution in [0.4, 0.5) is 5.82 Å². The molecule has 0 saturated carbocycles. The standard InChI is InChI=1S/C24H32N4/c1-5-21(23-9-7-6-8-19(23)2)12-13-25-20(3)22-10-11-24(26-18-22)28-16-14-27(4)15-17-28/h5-11,18,25H,3,12-17H2,1-2,4H3/b21-5-. The third-order valence-corrected chi connectivity index (χ3v) is 5.50. The van der Waals surface area contributed by atoms with Crippen molar-refractivity contribution in [3.8, 4) is 0 Å². The summed E-state index contributed by atoms with van der Waals surface area (Å²) < 4.78 is 0. The molecule has 28 heavy (non-hydrogen) atoms. The Hall–Kier alpha value is -2.59. The Morgan fingerprint density at radius 2 is 1.89 bits per heavy atom. The first kappa shape index (κ1) is 20.2. The van der Waals surface area contributed by atoms with Crippen molar-refractivity contribution in [3.63, 3.8) is 0 Å². The number of anilines is 1. The van der Waals surface area contributed by atoms with Gasteiger partial charge in [0.15, 0.2) is 0 Å². The Balaban J connectivity index is 1.53. The van der Waals surface area contributed by atoms with E-state index in [2.05, 4.69) is 90.0 Å². The maximum Gasteiger partial charge on any atom is 0.128 e. The van der Waals surface area contributed by atoms with Crippen LogP contribution in [0.5, 0.6) is 0 Å². The number of pyridine rings is 1. The highest BCUT2D eigenvalue weighted by Gasteiger charge is 2.15. The summed E-state index contributed by atoms with van der Waals surface area (Å²) in [6.07, 6.45) is 5.10. The number of likely N-dealkylation sites (N-methyl/N-ethyl adjacent to an activating group) is 1. The number of allylic oxidation sites excluding steroid dienone is 1. The Kier molecular flexibility index (Phi) is 6.88. The molecule has 2 heterocycles. The zero-order chi connectivity index (χ0) is 19.9. The Labute approximate surface area is 169 Å². The third kappa shape index (κ3) is 5.02. The SMILES string of the molecule is C=C(NCC/C(=C/C)c1ccccc1C)c1ccc(N2CCN(C)CC2)nc1. The molecular weight excluding hydrogens is 344 g/mol. The molecule has 1 aliphatic heterocycles. The average molecular weight is 377 g/mol. The van der Waals surface area contributed by atoms with Crippen molar-refractivity contribution in [2.24, 2.45) is 0 Å². The summed E-state index contributed by atoms with van der Waals surface area (Å²) in [4.78, 5) is 9.36. The van der Waals surface area contributed by atoms with E-state index in [0.29, 0.717) is 0 Å². The first-order valence-electron chi connectivity index (χ1n) is 10.1. The van der Waals surface area contributed by atoms with E-state index in [9.17, 15) is 0 Å². The lowest BCUT2D eigenvalue weighted by atomic mass is 9.98. The molecule has 1 N–H and O–H groups in total. The molecule has 4 heteroatoms. The van der Waals surface area contributed by atoms with Gasteiger partial charge in [0, 0.05) is 50.2 Å². The van der Waals surface area contributed by atoms with Crippen molar-refractivity contribution >= 4 is 17.1 Å². The van der Waals surface area contributed by atoms with Crippen molar-refractivity contribution in [2.45, 2.75) is 20.3 Å². The van der Waals surface area contributed by atoms with Gasteiger partial charge in [0.25, 0.3) is 0 Å². The number of piperazine rings is 1. The average Bonchev–Trinajstić information content (AvgIpc) is 2.72. The van der Waals surface area contributed by atoms with Crippen LogP contribution in [-0.4, -0.2) is 49.7 Å². The zero-order valence-corrected chi connectivity index (χ0v) is 17.4. The largest absolute Gasteiger partial charge is 0.385 e. The molecule has 1 aromatic carbocycles. The van der Waals surface area contributed by atoms with Crippen molar-refractivity contribution in [3.05, 3.63) is 71.9 Å². The minimum absolute atomic E-state index is 0.854. The molecule has 2 aromatic rings. The number of nitrogens with zero attached hydrogens (tertiary/aromatic N) is 3. The smallest absolute Gasteiger partial charge is 0.128 e. The first-order valence-corrected chi connectivity index (χ1v) is 10.1. The highest BCUT2D eigenvalue weighted by atomic mass is 15.3. The van der Waals surface area contributed by atoms with Gasteiger partial charge >= 0.3 is 0 Å². The van der Waals surface area contributed by atoms with Gasteiger partial charge in [-0.1, -0.05) is 36.9 Å². The van der Waals surface area contributed by atoms with Crippen LogP contribution in [0.1, 0.15) is 30.0 Å². The van der Waals surface area contributed by atoms with Gasteiger partial charge in [0.05, 0.1) is 0 Å². The molecule has 0 radical (unpaired) electrons. The molecule has 1 fully saturated rings. The minimum atomic E-state index is 0.854. The van der Waals surface area contributed by atoms with Crippen molar-refractivity contribution in [2.75, 3.05) is 44.7 Å². The number of hydrogen-bond donors (Lipinski definition) is 1. The van der Waals surface area contributed by atoms with Crippen molar-refractivity contribution < 1.29 is 0 Å². The Bertz CT molecular complexity index is 815. The number of rotatable bonds is 7. The van der Waals surface area contributed by atoms with E-state index in [0.717, 1.165) is 56.2 Å². The second kappa shape index (κ2) is 9.56. The van der Waals surface area contributed by atoms with E-state index in [-0.39, 0.29) is 0 Å². The van der Waals surface area contributed by atoms with Crippen LogP contribution < -0.4 is 10.2 Å². The van der Waals surface area contributed by atoms with Crippen LogP contribution >= 0.6 is 0 Å². The lowest BCUT2D eigenvalue weighted by Crippen LogP contribution is -2.44. The van der Waals surface area contributed by atoms with Crippen molar-refractivity contribution in [1.82, 2.24) is 15.2 Å². The summed E-state index contributed by atoms with van der Waals surface area (Å²) in [6, 6.07) is 12.8. The molecule has 0 amide bonds. The van der Waals surface area contributed by atoms with Gasteiger partial charge in [-0.25, -0.2) is 4.98 Å². The van der Waals surface area contributed by atoms with Gasteiger partial charge in [0.1, 0.15) is 5.82 Å². The molecule has 1 aliphatic rings. The minimum Gasteiger partial charge on any atom is -0.385 e. The summed E-state index contributed by atoms with van der Waals surface area (Å²) in [5, 5.41) is 3.46. The first-order chi connectivity index (χ1) is 13.6. The predicted molar refractivity (Wildman–Crippen MR) is 120 cm³/mol. The number of benzene rings is 1. The molecule has 148 valence electrons. The molecule has 1 saturated heterocycles. The van der Waals surface area contributed by atoms with Crippen LogP contribution in [0.25, 0.3) is 11.3 Å². The van der Waals surface area contributed by atoms with Crippen molar-refractivity contribution in [1.29, 1.82) is 0 Å². The molecule has 0 atom stereocenters. The highest BCUT2D eigenvalue weighted by molar-refractivity contribution is 5.68. The number of aryl methyl sites for hydroxylation is 1. The number of nitrogens with one attached hydrogen (secondary N) is 1. The van der Waals surface area contributed by atoms with E-state index in [1.165, 1.54) is 16.7 Å². The lowest BCUT2D eigenvalue weighted by molar-refractivity contribution is 0.312. The van der Waals surface area contributed by atoms with Gasteiger partial charge in [-0.2, -0.15) is 0 Å². The molecular formula is C24H32N4. The van der Waals surface area contributed by atoms with Gasteiger partial charge in [0.2, 0.25) is 0 Å². The van der Waals surface area contributed by atoms with E-state index in [4.69, 9.17) is 0 Å². The molecule has 0 unspecified atom stereocenters. The topological polar surface area (TPSA) is 31.4 Å². The van der Waals surface area contributed by atoms with Crippen LogP contribution in [0.2, 0.25) is 0 Å². The summed E-state index contributed by atoms with van der Waals surface area (Å²) in [5.74, 6) is 1.06. The fourth-order valence-corrected chi connectivity index (χ4v) is 3.60. The number of hydrogen-bond acceptors (Lipinski definition) is 4. The molecule has 0 spiro atoms. The van der Waals surface area contributed by atoms with Gasteiger partial charge < -0.3 is 15.1 Å². The van der Waals surface area contributed by atoms with Gasteiger partial charge in [-0.3, -0.25) is 0 Å². The fraction of sp³-hybridized carbons (Fsp3) is 0.375. The summed E-state index contributed by atoms with van der Waals surface area (Å²) in [7, 11) is 2.17. The van der Waals surface area contributed by atoms with Crippen LogP contribution in [0.3, 0.4) is 0 Å². The number of aromatic nitrogens is 1. The monoisotopic (exact) mass is 376 g/mol. The summed E-state index contributed by atoms with van der Waals surface area (Å²) >= 11 is 0. The van der Waals surface area contributed by atoms with Crippen LogP contribution in [-0.2, 0) is 0 Å². The molecule has 1 aromatic heterocycles. The zero-order valence-electron chi connectivity index (χ0n) is 17.4. The highest BCUT2D eigenvalue weighted by Crippen LogP contribution is 2.22. The maximum absolute atomic E-state index is 4.66.